The van der Waals surface area contributed by atoms with Gasteiger partial charge >= 0.3 is 6.09 Å². The van der Waals surface area contributed by atoms with Crippen LogP contribution in [0.15, 0.2) is 0 Å². The molecule has 0 aliphatic heterocycles. The highest BCUT2D eigenvalue weighted by Crippen LogP contribution is 2.26. The zero-order valence-electron chi connectivity index (χ0n) is 10.1. The molecule has 1 saturated carbocycles. The maximum absolute atomic E-state index is 11.9. The average Bonchev–Trinajstić information content (AvgIpc) is 2.30. The fourth-order valence-electron chi connectivity index (χ4n) is 2.33. The van der Waals surface area contributed by atoms with Crippen LogP contribution >= 0.6 is 0 Å². The van der Waals surface area contributed by atoms with Crippen LogP contribution in [0.5, 0.6) is 0 Å². The van der Waals surface area contributed by atoms with Crippen LogP contribution < -0.4 is 5.32 Å². The second-order valence-corrected chi connectivity index (χ2v) is 4.35. The summed E-state index contributed by atoms with van der Waals surface area (Å²) in [6, 6.07) is -0.0275. The number of hydrogen-bond acceptors (Lipinski definition) is 3. The lowest BCUT2D eigenvalue weighted by molar-refractivity contribution is -0.124. The van der Waals surface area contributed by atoms with Crippen molar-refractivity contribution in [2.75, 3.05) is 7.11 Å². The van der Waals surface area contributed by atoms with Crippen molar-refractivity contribution in [1.29, 1.82) is 0 Å². The lowest BCUT2D eigenvalue weighted by Crippen LogP contribution is -2.45. The van der Waals surface area contributed by atoms with Crippen LogP contribution in [-0.2, 0) is 9.53 Å². The largest absolute Gasteiger partial charge is 0.453 e. The van der Waals surface area contributed by atoms with Gasteiger partial charge in [-0.2, -0.15) is 0 Å². The van der Waals surface area contributed by atoms with Gasteiger partial charge in [0.15, 0.2) is 0 Å². The minimum absolute atomic E-state index is 0.00667. The van der Waals surface area contributed by atoms with Crippen LogP contribution in [0.4, 0.5) is 4.79 Å². The number of carbonyl (C=O) groups is 2. The minimum Gasteiger partial charge on any atom is -0.453 e. The van der Waals surface area contributed by atoms with Gasteiger partial charge in [0.25, 0.3) is 0 Å². The summed E-state index contributed by atoms with van der Waals surface area (Å²) in [6.45, 7) is 2.00. The van der Waals surface area contributed by atoms with Gasteiger partial charge in [0, 0.05) is 18.4 Å². The quantitative estimate of drug-likeness (QED) is 0.801. The monoisotopic (exact) mass is 227 g/mol. The summed E-state index contributed by atoms with van der Waals surface area (Å²) in [4.78, 5) is 23.0. The fraction of sp³-hybridized carbons (Fsp3) is 0.833. The number of hydrogen-bond donors (Lipinski definition) is 1. The van der Waals surface area contributed by atoms with Crippen molar-refractivity contribution in [3.05, 3.63) is 0 Å². The third-order valence-electron chi connectivity index (χ3n) is 3.16. The van der Waals surface area contributed by atoms with Crippen LogP contribution in [0.2, 0.25) is 0 Å². The third-order valence-corrected chi connectivity index (χ3v) is 3.16. The van der Waals surface area contributed by atoms with E-state index in [-0.39, 0.29) is 17.7 Å². The first kappa shape index (κ1) is 13.0. The van der Waals surface area contributed by atoms with E-state index in [1.165, 1.54) is 7.11 Å². The predicted octanol–water partition coefficient (Wildman–Crippen LogP) is 2.27. The van der Waals surface area contributed by atoms with Crippen molar-refractivity contribution in [2.24, 2.45) is 5.92 Å². The lowest BCUT2D eigenvalue weighted by Gasteiger charge is -2.30. The molecular formula is C12H21NO3. The van der Waals surface area contributed by atoms with Crippen LogP contribution in [-0.4, -0.2) is 25.0 Å². The van der Waals surface area contributed by atoms with Gasteiger partial charge in [-0.05, 0) is 19.3 Å². The van der Waals surface area contributed by atoms with Gasteiger partial charge in [-0.25, -0.2) is 4.79 Å². The van der Waals surface area contributed by atoms with Gasteiger partial charge in [0.05, 0.1) is 7.11 Å². The summed E-state index contributed by atoms with van der Waals surface area (Å²) >= 11 is 0. The highest BCUT2D eigenvalue weighted by molar-refractivity contribution is 5.82. The molecule has 2 atom stereocenters. The van der Waals surface area contributed by atoms with Crippen molar-refractivity contribution in [3.63, 3.8) is 0 Å². The lowest BCUT2D eigenvalue weighted by atomic mass is 9.80. The Balaban J connectivity index is 2.56. The molecule has 92 valence electrons. The van der Waals surface area contributed by atoms with Gasteiger partial charge in [-0.1, -0.05) is 19.8 Å². The fourth-order valence-corrected chi connectivity index (χ4v) is 2.33. The Kier molecular flexibility index (Phi) is 5.29. The summed E-state index contributed by atoms with van der Waals surface area (Å²) < 4.78 is 4.58. The Hall–Kier alpha value is -1.06. The summed E-state index contributed by atoms with van der Waals surface area (Å²) in [5.74, 6) is 0.274. The number of ketones is 1. The highest BCUT2D eigenvalue weighted by atomic mass is 16.5. The molecule has 4 heteroatoms. The van der Waals surface area contributed by atoms with Gasteiger partial charge < -0.3 is 10.1 Å². The van der Waals surface area contributed by atoms with Gasteiger partial charge in [0.2, 0.25) is 0 Å². The molecule has 0 saturated heterocycles. The molecule has 1 amide bonds. The number of Topliss-reactive ketones (excluding diaryl/α,β-unsaturated/α-hetero) is 1. The number of amides is 1. The van der Waals surface area contributed by atoms with E-state index in [1.807, 2.05) is 6.92 Å². The van der Waals surface area contributed by atoms with E-state index >= 15 is 0 Å². The Morgan fingerprint density at radius 3 is 2.62 bits per heavy atom. The number of ether oxygens (including phenoxy) is 1. The number of alkyl carbamates (subject to hydrolysis) is 1. The molecular weight excluding hydrogens is 206 g/mol. The SMILES string of the molecule is CCCC(=O)[C@@H]1CCCC[C@H]1NC(=O)OC. The van der Waals surface area contributed by atoms with Gasteiger partial charge in [-0.15, -0.1) is 0 Å². The average molecular weight is 227 g/mol. The van der Waals surface area contributed by atoms with E-state index in [2.05, 4.69) is 10.1 Å². The maximum Gasteiger partial charge on any atom is 0.407 e. The molecule has 1 aliphatic rings. The smallest absolute Gasteiger partial charge is 0.407 e. The summed E-state index contributed by atoms with van der Waals surface area (Å²) in [5, 5.41) is 2.78. The molecule has 0 bridgehead atoms. The number of methoxy groups -OCH3 is 1. The number of nitrogens with one attached hydrogen (secondary N) is 1. The van der Waals surface area contributed by atoms with E-state index < -0.39 is 6.09 Å². The maximum atomic E-state index is 11.9. The second-order valence-electron chi connectivity index (χ2n) is 4.35. The Bertz CT molecular complexity index is 253. The van der Waals surface area contributed by atoms with Crippen LogP contribution in [0, 0.1) is 5.92 Å². The Labute approximate surface area is 96.7 Å². The Morgan fingerprint density at radius 2 is 2.00 bits per heavy atom. The summed E-state index contributed by atoms with van der Waals surface area (Å²) in [5.41, 5.74) is 0. The predicted molar refractivity (Wildman–Crippen MR) is 61.2 cm³/mol. The van der Waals surface area contributed by atoms with Crippen molar-refractivity contribution in [3.8, 4) is 0 Å². The van der Waals surface area contributed by atoms with Crippen LogP contribution in [0.1, 0.15) is 45.4 Å². The van der Waals surface area contributed by atoms with E-state index in [9.17, 15) is 9.59 Å². The van der Waals surface area contributed by atoms with Gasteiger partial charge in [0.1, 0.15) is 5.78 Å². The zero-order valence-corrected chi connectivity index (χ0v) is 10.1. The zero-order chi connectivity index (χ0) is 12.0. The Morgan fingerprint density at radius 1 is 1.31 bits per heavy atom. The van der Waals surface area contributed by atoms with E-state index in [1.54, 1.807) is 0 Å². The first-order chi connectivity index (χ1) is 7.69. The van der Waals surface area contributed by atoms with E-state index in [0.717, 1.165) is 32.1 Å². The minimum atomic E-state index is -0.429. The summed E-state index contributed by atoms with van der Waals surface area (Å²) in [7, 11) is 1.35. The highest BCUT2D eigenvalue weighted by Gasteiger charge is 2.31. The van der Waals surface area contributed by atoms with E-state index in [4.69, 9.17) is 0 Å². The first-order valence-corrected chi connectivity index (χ1v) is 6.06. The molecule has 1 fully saturated rings. The second kappa shape index (κ2) is 6.51. The van der Waals surface area contributed by atoms with E-state index in [0.29, 0.717) is 6.42 Å². The molecule has 0 aromatic carbocycles. The molecule has 1 rings (SSSR count). The van der Waals surface area contributed by atoms with Crippen LogP contribution in [0.25, 0.3) is 0 Å². The van der Waals surface area contributed by atoms with Crippen molar-refractivity contribution < 1.29 is 14.3 Å². The molecule has 4 nitrogen and oxygen atoms in total. The molecule has 0 aromatic rings. The standard InChI is InChI=1S/C12H21NO3/c1-3-6-11(14)9-7-4-5-8-10(9)13-12(15)16-2/h9-10H,3-8H2,1-2H3,(H,13,15)/t9-,10-/m1/s1. The van der Waals surface area contributed by atoms with Crippen molar-refractivity contribution in [1.82, 2.24) is 5.32 Å². The molecule has 0 aromatic heterocycles. The van der Waals surface area contributed by atoms with Gasteiger partial charge in [-0.3, -0.25) is 4.79 Å². The summed E-state index contributed by atoms with van der Waals surface area (Å²) in [6.07, 6.45) is 5.00. The third kappa shape index (κ3) is 3.51. The molecule has 16 heavy (non-hydrogen) atoms. The number of carbonyl (C=O) groups excluding carboxylic acids is 2. The van der Waals surface area contributed by atoms with Crippen molar-refractivity contribution in [2.45, 2.75) is 51.5 Å². The molecule has 0 radical (unpaired) electrons. The number of rotatable bonds is 4. The molecule has 0 heterocycles. The molecule has 0 unspecified atom stereocenters. The first-order valence-electron chi connectivity index (χ1n) is 6.06. The van der Waals surface area contributed by atoms with Crippen LogP contribution in [0.3, 0.4) is 0 Å². The normalized spacial score (nSPS) is 24.9. The molecule has 0 spiro atoms. The topological polar surface area (TPSA) is 55.4 Å². The van der Waals surface area contributed by atoms with Crippen molar-refractivity contribution >= 4 is 11.9 Å². The molecule has 1 N–H and O–H groups in total. The molecule has 1 aliphatic carbocycles.